The minimum Gasteiger partial charge on any atom is -0.384 e. The number of hydrogen-bond acceptors (Lipinski definition) is 2. The summed E-state index contributed by atoms with van der Waals surface area (Å²) in [6.45, 7) is 8.48. The van der Waals surface area contributed by atoms with Gasteiger partial charge in [-0.25, -0.2) is 0 Å². The van der Waals surface area contributed by atoms with Gasteiger partial charge in [0.15, 0.2) is 0 Å². The maximum Gasteiger partial charge on any atom is 0.0499 e. The Morgan fingerprint density at radius 1 is 1.28 bits per heavy atom. The Kier molecular flexibility index (Phi) is 6.99. The van der Waals surface area contributed by atoms with Gasteiger partial charge in [0.25, 0.3) is 0 Å². The lowest BCUT2D eigenvalue weighted by Crippen LogP contribution is -2.32. The molecule has 2 nitrogen and oxygen atoms in total. The van der Waals surface area contributed by atoms with E-state index in [2.05, 4.69) is 50.4 Å². The van der Waals surface area contributed by atoms with Crippen LogP contribution in [0, 0.1) is 12.8 Å². The van der Waals surface area contributed by atoms with Crippen LogP contribution in [0.15, 0.2) is 24.3 Å². The first-order chi connectivity index (χ1) is 8.61. The molecule has 18 heavy (non-hydrogen) atoms. The highest BCUT2D eigenvalue weighted by Gasteiger charge is 2.05. The topological polar surface area (TPSA) is 21.3 Å². The summed E-state index contributed by atoms with van der Waals surface area (Å²) >= 11 is 0. The Labute approximate surface area is 112 Å². The van der Waals surface area contributed by atoms with Gasteiger partial charge < -0.3 is 10.1 Å². The number of aryl methyl sites for hydroxylation is 2. The minimum atomic E-state index is 0.560. The van der Waals surface area contributed by atoms with E-state index < -0.39 is 0 Å². The van der Waals surface area contributed by atoms with Crippen molar-refractivity contribution in [3.8, 4) is 0 Å². The highest BCUT2D eigenvalue weighted by Crippen LogP contribution is 2.08. The highest BCUT2D eigenvalue weighted by atomic mass is 16.5. The number of rotatable bonds is 8. The summed E-state index contributed by atoms with van der Waals surface area (Å²) in [7, 11) is 1.76. The molecule has 2 unspecified atom stereocenters. The summed E-state index contributed by atoms with van der Waals surface area (Å²) in [6.07, 6.45) is 2.33. The lowest BCUT2D eigenvalue weighted by Gasteiger charge is -2.17. The zero-order valence-corrected chi connectivity index (χ0v) is 12.2. The number of hydrogen-bond donors (Lipinski definition) is 1. The zero-order chi connectivity index (χ0) is 13.4. The van der Waals surface area contributed by atoms with Crippen molar-refractivity contribution in [2.75, 3.05) is 20.3 Å². The molecule has 0 heterocycles. The van der Waals surface area contributed by atoms with Crippen molar-refractivity contribution in [3.63, 3.8) is 0 Å². The van der Waals surface area contributed by atoms with Gasteiger partial charge in [0, 0.05) is 26.3 Å². The molecular weight excluding hydrogens is 222 g/mol. The predicted molar refractivity (Wildman–Crippen MR) is 78.0 cm³/mol. The van der Waals surface area contributed by atoms with Crippen LogP contribution in [-0.4, -0.2) is 26.3 Å². The summed E-state index contributed by atoms with van der Waals surface area (Å²) in [6, 6.07) is 9.35. The fourth-order valence-corrected chi connectivity index (χ4v) is 2.10. The molecule has 0 amide bonds. The molecule has 0 fully saturated rings. The summed E-state index contributed by atoms with van der Waals surface area (Å²) in [5.41, 5.74) is 2.79. The summed E-state index contributed by atoms with van der Waals surface area (Å²) in [4.78, 5) is 0. The Hall–Kier alpha value is -0.860. The van der Waals surface area contributed by atoms with Crippen molar-refractivity contribution in [1.82, 2.24) is 5.32 Å². The third kappa shape index (κ3) is 6.18. The lowest BCUT2D eigenvalue weighted by molar-refractivity contribution is 0.157. The van der Waals surface area contributed by atoms with Crippen LogP contribution in [0.4, 0.5) is 0 Å². The fraction of sp³-hybridized carbons (Fsp3) is 0.625. The van der Waals surface area contributed by atoms with Crippen LogP contribution >= 0.6 is 0 Å². The van der Waals surface area contributed by atoms with Crippen LogP contribution in [0.1, 0.15) is 31.4 Å². The molecule has 1 rings (SSSR count). The molecule has 0 aliphatic carbocycles. The maximum atomic E-state index is 5.14. The van der Waals surface area contributed by atoms with Gasteiger partial charge in [0.05, 0.1) is 0 Å². The van der Waals surface area contributed by atoms with Crippen LogP contribution in [0.25, 0.3) is 0 Å². The summed E-state index contributed by atoms with van der Waals surface area (Å²) < 4.78 is 5.14. The van der Waals surface area contributed by atoms with Gasteiger partial charge in [-0.2, -0.15) is 0 Å². The smallest absolute Gasteiger partial charge is 0.0499 e. The van der Waals surface area contributed by atoms with E-state index in [-0.39, 0.29) is 0 Å². The Bertz CT molecular complexity index is 338. The largest absolute Gasteiger partial charge is 0.384 e. The molecule has 0 bridgehead atoms. The standard InChI is InChI=1S/C16H27NO/c1-13-6-5-7-16(10-13)9-8-15(3)17-11-14(2)12-18-4/h5-7,10,14-15,17H,8-9,11-12H2,1-4H3. The second-order valence-corrected chi connectivity index (χ2v) is 5.40. The molecule has 0 aliphatic heterocycles. The quantitative estimate of drug-likeness (QED) is 0.764. The zero-order valence-electron chi connectivity index (χ0n) is 12.2. The van der Waals surface area contributed by atoms with Gasteiger partial charge in [-0.1, -0.05) is 36.8 Å². The second-order valence-electron chi connectivity index (χ2n) is 5.40. The third-order valence-electron chi connectivity index (χ3n) is 3.21. The van der Waals surface area contributed by atoms with Crippen LogP contribution in [0.2, 0.25) is 0 Å². The third-order valence-corrected chi connectivity index (χ3v) is 3.21. The van der Waals surface area contributed by atoms with Crippen LogP contribution < -0.4 is 5.32 Å². The molecule has 0 saturated carbocycles. The molecule has 1 aromatic carbocycles. The van der Waals surface area contributed by atoms with E-state index in [4.69, 9.17) is 4.74 Å². The Morgan fingerprint density at radius 2 is 2.06 bits per heavy atom. The minimum absolute atomic E-state index is 0.560. The second kappa shape index (κ2) is 8.28. The number of ether oxygens (including phenoxy) is 1. The van der Waals surface area contributed by atoms with Gasteiger partial charge in [-0.15, -0.1) is 0 Å². The number of benzene rings is 1. The molecule has 0 saturated heterocycles. The molecule has 0 radical (unpaired) electrons. The van der Waals surface area contributed by atoms with Gasteiger partial charge in [-0.3, -0.25) is 0 Å². The van der Waals surface area contributed by atoms with Gasteiger partial charge in [-0.05, 0) is 38.2 Å². The molecule has 102 valence electrons. The van der Waals surface area contributed by atoms with Crippen molar-refractivity contribution in [2.24, 2.45) is 5.92 Å². The average molecular weight is 249 g/mol. The predicted octanol–water partition coefficient (Wildman–Crippen LogP) is 3.19. The first kappa shape index (κ1) is 15.2. The molecule has 0 aromatic heterocycles. The lowest BCUT2D eigenvalue weighted by atomic mass is 10.0. The van der Waals surface area contributed by atoms with E-state index in [0.29, 0.717) is 12.0 Å². The van der Waals surface area contributed by atoms with Crippen LogP contribution in [0.3, 0.4) is 0 Å². The SMILES string of the molecule is COCC(C)CNC(C)CCc1cccc(C)c1. The molecule has 0 aliphatic rings. The van der Waals surface area contributed by atoms with Crippen molar-refractivity contribution < 1.29 is 4.74 Å². The molecular formula is C16H27NO. The van der Waals surface area contributed by atoms with Crippen LogP contribution in [0.5, 0.6) is 0 Å². The Morgan fingerprint density at radius 3 is 2.72 bits per heavy atom. The Balaban J connectivity index is 2.22. The van der Waals surface area contributed by atoms with E-state index in [0.717, 1.165) is 19.6 Å². The molecule has 2 heteroatoms. The van der Waals surface area contributed by atoms with Crippen LogP contribution in [-0.2, 0) is 11.2 Å². The molecule has 0 spiro atoms. The van der Waals surface area contributed by atoms with E-state index in [1.807, 2.05) is 0 Å². The van der Waals surface area contributed by atoms with Gasteiger partial charge >= 0.3 is 0 Å². The average Bonchev–Trinajstić information content (AvgIpc) is 2.34. The van der Waals surface area contributed by atoms with E-state index in [9.17, 15) is 0 Å². The summed E-state index contributed by atoms with van der Waals surface area (Å²) in [5, 5.41) is 3.57. The molecule has 1 aromatic rings. The van der Waals surface area contributed by atoms with Crippen molar-refractivity contribution in [3.05, 3.63) is 35.4 Å². The number of nitrogens with one attached hydrogen (secondary N) is 1. The summed E-state index contributed by atoms with van der Waals surface area (Å²) in [5.74, 6) is 0.580. The number of methoxy groups -OCH3 is 1. The van der Waals surface area contributed by atoms with E-state index >= 15 is 0 Å². The van der Waals surface area contributed by atoms with Crippen molar-refractivity contribution in [1.29, 1.82) is 0 Å². The molecule has 1 N–H and O–H groups in total. The van der Waals surface area contributed by atoms with E-state index in [1.54, 1.807) is 7.11 Å². The van der Waals surface area contributed by atoms with E-state index in [1.165, 1.54) is 17.5 Å². The fourth-order valence-electron chi connectivity index (χ4n) is 2.10. The van der Waals surface area contributed by atoms with Crippen molar-refractivity contribution in [2.45, 2.75) is 39.7 Å². The van der Waals surface area contributed by atoms with Gasteiger partial charge in [0.1, 0.15) is 0 Å². The highest BCUT2D eigenvalue weighted by molar-refractivity contribution is 5.22. The first-order valence-electron chi connectivity index (χ1n) is 6.89. The normalized spacial score (nSPS) is 14.4. The van der Waals surface area contributed by atoms with Gasteiger partial charge in [0.2, 0.25) is 0 Å². The van der Waals surface area contributed by atoms with Crippen molar-refractivity contribution >= 4 is 0 Å². The first-order valence-corrected chi connectivity index (χ1v) is 6.89. The monoisotopic (exact) mass is 249 g/mol. The maximum absolute atomic E-state index is 5.14. The molecule has 2 atom stereocenters.